The van der Waals surface area contributed by atoms with Crippen LogP contribution in [0.5, 0.6) is 0 Å². The molecule has 2 N–H and O–H groups in total. The molecule has 0 radical (unpaired) electrons. The van der Waals surface area contributed by atoms with Crippen molar-refractivity contribution in [1.82, 2.24) is 9.62 Å². The molecule has 0 saturated carbocycles. The first-order valence-corrected chi connectivity index (χ1v) is 8.11. The minimum Gasteiger partial charge on any atom is -0.480 e. The molecule has 0 fully saturated rings. The van der Waals surface area contributed by atoms with Gasteiger partial charge in [0.1, 0.15) is 16.7 Å². The molecule has 8 nitrogen and oxygen atoms in total. The minimum absolute atomic E-state index is 0.0706. The predicted octanol–water partition coefficient (Wildman–Crippen LogP) is 0.821. The highest BCUT2D eigenvalue weighted by Gasteiger charge is 2.27. The summed E-state index contributed by atoms with van der Waals surface area (Å²) < 4.78 is 30.3. The van der Waals surface area contributed by atoms with Crippen LogP contribution < -0.4 is 5.32 Å². The van der Waals surface area contributed by atoms with E-state index in [9.17, 15) is 18.0 Å². The number of hydrogen-bond donors (Lipinski definition) is 2. The van der Waals surface area contributed by atoms with Crippen LogP contribution in [0.1, 0.15) is 36.1 Å². The zero-order valence-electron chi connectivity index (χ0n) is 12.9. The summed E-state index contributed by atoms with van der Waals surface area (Å²) in [4.78, 5) is 22.9. The number of rotatable bonds is 7. The Labute approximate surface area is 129 Å². The van der Waals surface area contributed by atoms with Crippen LogP contribution in [0.2, 0.25) is 0 Å². The third kappa shape index (κ3) is 3.86. The van der Waals surface area contributed by atoms with Gasteiger partial charge in [-0.1, -0.05) is 13.3 Å². The van der Waals surface area contributed by atoms with Crippen molar-refractivity contribution in [2.75, 3.05) is 14.1 Å². The highest BCUT2D eigenvalue weighted by molar-refractivity contribution is 7.89. The van der Waals surface area contributed by atoms with Gasteiger partial charge in [0.2, 0.25) is 10.0 Å². The summed E-state index contributed by atoms with van der Waals surface area (Å²) in [7, 11) is -1.00. The molecule has 1 atom stereocenters. The molecule has 1 heterocycles. The normalized spacial score (nSPS) is 13.1. The van der Waals surface area contributed by atoms with Crippen molar-refractivity contribution in [3.8, 4) is 0 Å². The third-order valence-electron chi connectivity index (χ3n) is 3.04. The first-order valence-electron chi connectivity index (χ1n) is 6.67. The maximum absolute atomic E-state index is 12.1. The van der Waals surface area contributed by atoms with Gasteiger partial charge >= 0.3 is 5.97 Å². The number of carboxylic acid groups (broad SMARTS) is 1. The number of carbonyl (C=O) groups is 2. The Balaban J connectivity index is 3.05. The molecule has 9 heteroatoms. The zero-order valence-corrected chi connectivity index (χ0v) is 13.7. The van der Waals surface area contributed by atoms with Crippen molar-refractivity contribution >= 4 is 21.9 Å². The Kier molecular flexibility index (Phi) is 5.72. The molecule has 0 aliphatic rings. The average molecular weight is 332 g/mol. The molecule has 0 aliphatic carbocycles. The molecule has 1 amide bonds. The van der Waals surface area contributed by atoms with Crippen molar-refractivity contribution in [3.63, 3.8) is 0 Å². The molecule has 1 unspecified atom stereocenters. The number of carboxylic acids is 1. The smallest absolute Gasteiger partial charge is 0.326 e. The Morgan fingerprint density at radius 1 is 1.41 bits per heavy atom. The molecule has 0 aromatic carbocycles. The average Bonchev–Trinajstić information content (AvgIpc) is 2.80. The number of nitrogens with one attached hydrogen (secondary N) is 1. The highest BCUT2D eigenvalue weighted by Crippen LogP contribution is 2.22. The van der Waals surface area contributed by atoms with E-state index >= 15 is 0 Å². The fourth-order valence-electron chi connectivity index (χ4n) is 1.81. The van der Waals surface area contributed by atoms with Crippen LogP contribution in [0.25, 0.3) is 0 Å². The third-order valence-corrected chi connectivity index (χ3v) is 4.96. The van der Waals surface area contributed by atoms with Crippen LogP contribution >= 0.6 is 0 Å². The van der Waals surface area contributed by atoms with Crippen molar-refractivity contribution in [3.05, 3.63) is 17.6 Å². The minimum atomic E-state index is -3.73. The highest BCUT2D eigenvalue weighted by atomic mass is 32.2. The lowest BCUT2D eigenvalue weighted by molar-refractivity contribution is -0.139. The van der Waals surface area contributed by atoms with Gasteiger partial charge < -0.3 is 14.8 Å². The molecular weight excluding hydrogens is 312 g/mol. The fourth-order valence-corrected chi connectivity index (χ4v) is 2.86. The van der Waals surface area contributed by atoms with Gasteiger partial charge in [0.15, 0.2) is 5.76 Å². The standard InChI is InChI=1S/C13H20N2O6S/c1-5-6-9(13(17)18)14-12(16)10-7-11(8(2)21-10)22(19,20)15(3)4/h7,9H,5-6H2,1-4H3,(H,14,16)(H,17,18). The molecule has 0 spiro atoms. The van der Waals surface area contributed by atoms with E-state index in [-0.39, 0.29) is 22.8 Å². The summed E-state index contributed by atoms with van der Waals surface area (Å²) in [6.07, 6.45) is 0.846. The molecule has 1 aromatic rings. The number of hydrogen-bond acceptors (Lipinski definition) is 5. The Hall–Kier alpha value is -1.87. The van der Waals surface area contributed by atoms with Crippen LogP contribution in [0, 0.1) is 6.92 Å². The molecule has 0 bridgehead atoms. The van der Waals surface area contributed by atoms with Gasteiger partial charge in [0.25, 0.3) is 5.91 Å². The second kappa shape index (κ2) is 6.93. The Bertz CT molecular complexity index is 662. The zero-order chi connectivity index (χ0) is 17.1. The maximum atomic E-state index is 12.1. The van der Waals surface area contributed by atoms with E-state index in [0.29, 0.717) is 6.42 Å². The molecule has 1 aromatic heterocycles. The molecule has 1 rings (SSSR count). The summed E-state index contributed by atoms with van der Waals surface area (Å²) in [6, 6.07) is 0.0574. The van der Waals surface area contributed by atoms with Crippen molar-refractivity contribution < 1.29 is 27.5 Å². The number of furan rings is 1. The van der Waals surface area contributed by atoms with Crippen molar-refractivity contribution in [1.29, 1.82) is 0 Å². The lowest BCUT2D eigenvalue weighted by Crippen LogP contribution is -2.40. The van der Waals surface area contributed by atoms with E-state index < -0.39 is 27.9 Å². The summed E-state index contributed by atoms with van der Waals surface area (Å²) in [5, 5.41) is 11.3. The first kappa shape index (κ1) is 18.2. The van der Waals surface area contributed by atoms with E-state index in [0.717, 1.165) is 10.4 Å². The summed E-state index contributed by atoms with van der Waals surface area (Å²) >= 11 is 0. The Morgan fingerprint density at radius 2 is 2.00 bits per heavy atom. The van der Waals surface area contributed by atoms with E-state index in [2.05, 4.69) is 5.32 Å². The lowest BCUT2D eigenvalue weighted by Gasteiger charge is -2.12. The van der Waals surface area contributed by atoms with Crippen LogP contribution in [0.15, 0.2) is 15.4 Å². The fraction of sp³-hybridized carbons (Fsp3) is 0.538. The number of carbonyl (C=O) groups excluding carboxylic acids is 1. The molecule has 124 valence electrons. The molecular formula is C13H20N2O6S. The van der Waals surface area contributed by atoms with Crippen molar-refractivity contribution in [2.45, 2.75) is 37.6 Å². The number of sulfonamides is 1. The van der Waals surface area contributed by atoms with Gasteiger partial charge in [-0.2, -0.15) is 0 Å². The SMILES string of the molecule is CCCC(NC(=O)c1cc(S(=O)(=O)N(C)C)c(C)o1)C(=O)O. The van der Waals surface area contributed by atoms with Crippen LogP contribution in [0.3, 0.4) is 0 Å². The molecule has 0 saturated heterocycles. The summed E-state index contributed by atoms with van der Waals surface area (Å²) in [5.74, 6) is -2.08. The number of nitrogens with zero attached hydrogens (tertiary/aromatic N) is 1. The van der Waals surface area contributed by atoms with Gasteiger partial charge in [0.05, 0.1) is 0 Å². The van der Waals surface area contributed by atoms with Crippen LogP contribution in [-0.4, -0.2) is 49.8 Å². The van der Waals surface area contributed by atoms with E-state index in [4.69, 9.17) is 9.52 Å². The number of aliphatic carboxylic acids is 1. The maximum Gasteiger partial charge on any atom is 0.326 e. The topological polar surface area (TPSA) is 117 Å². The van der Waals surface area contributed by atoms with Gasteiger partial charge in [0, 0.05) is 20.2 Å². The molecule has 22 heavy (non-hydrogen) atoms. The van der Waals surface area contributed by atoms with Gasteiger partial charge in [-0.15, -0.1) is 0 Å². The number of amides is 1. The van der Waals surface area contributed by atoms with E-state index in [1.807, 2.05) is 0 Å². The summed E-state index contributed by atoms with van der Waals surface area (Å²) in [5.41, 5.74) is 0. The van der Waals surface area contributed by atoms with E-state index in [1.54, 1.807) is 6.92 Å². The van der Waals surface area contributed by atoms with Gasteiger partial charge in [-0.05, 0) is 13.3 Å². The first-order chi connectivity index (χ1) is 10.1. The molecule has 0 aliphatic heterocycles. The lowest BCUT2D eigenvalue weighted by atomic mass is 10.1. The second-order valence-corrected chi connectivity index (χ2v) is 7.09. The van der Waals surface area contributed by atoms with Gasteiger partial charge in [-0.25, -0.2) is 17.5 Å². The van der Waals surface area contributed by atoms with Crippen molar-refractivity contribution in [2.24, 2.45) is 0 Å². The summed E-state index contributed by atoms with van der Waals surface area (Å²) in [6.45, 7) is 3.22. The van der Waals surface area contributed by atoms with Gasteiger partial charge in [-0.3, -0.25) is 4.79 Å². The van der Waals surface area contributed by atoms with Crippen LogP contribution in [-0.2, 0) is 14.8 Å². The monoisotopic (exact) mass is 332 g/mol. The van der Waals surface area contributed by atoms with Crippen LogP contribution in [0.4, 0.5) is 0 Å². The largest absolute Gasteiger partial charge is 0.480 e. The second-order valence-electron chi connectivity index (χ2n) is 4.97. The Morgan fingerprint density at radius 3 is 2.45 bits per heavy atom. The number of aryl methyl sites for hydroxylation is 1. The predicted molar refractivity (Wildman–Crippen MR) is 78.1 cm³/mol. The van der Waals surface area contributed by atoms with E-state index in [1.165, 1.54) is 21.0 Å². The quantitative estimate of drug-likeness (QED) is 0.763.